The topological polar surface area (TPSA) is 85.3 Å². The fourth-order valence-corrected chi connectivity index (χ4v) is 1.02. The summed E-state index contributed by atoms with van der Waals surface area (Å²) in [6.07, 6.45) is 3.21. The van der Waals surface area contributed by atoms with Crippen molar-refractivity contribution in [1.82, 2.24) is 14.6 Å². The van der Waals surface area contributed by atoms with Gasteiger partial charge in [0, 0.05) is 6.20 Å². The highest BCUT2D eigenvalue weighted by molar-refractivity contribution is 5.86. The lowest BCUT2D eigenvalue weighted by molar-refractivity contribution is 0.259. The minimum absolute atomic E-state index is 0.395. The fraction of sp³-hybridized carbons (Fsp3) is 0. The van der Waals surface area contributed by atoms with E-state index in [1.165, 1.54) is 0 Å². The Bertz CT molecular complexity index is 416. The molecule has 2 aromatic rings. The van der Waals surface area contributed by atoms with Crippen molar-refractivity contribution < 1.29 is 4.79 Å². The van der Waals surface area contributed by atoms with Crippen LogP contribution in [0.2, 0.25) is 0 Å². The minimum atomic E-state index is -0.636. The van der Waals surface area contributed by atoms with Crippen LogP contribution in [0.5, 0.6) is 0 Å². The Morgan fingerprint density at radius 1 is 1.62 bits per heavy atom. The Morgan fingerprint density at radius 3 is 3.15 bits per heavy atom. The maximum Gasteiger partial charge on any atom is 0.317 e. The van der Waals surface area contributed by atoms with Gasteiger partial charge in [-0.05, 0) is 12.1 Å². The molecule has 0 radical (unpaired) electrons. The van der Waals surface area contributed by atoms with E-state index in [2.05, 4.69) is 15.4 Å². The first-order valence-corrected chi connectivity index (χ1v) is 3.62. The molecule has 3 N–H and O–H groups in total. The smallest absolute Gasteiger partial charge is 0.317 e. The molecule has 2 rings (SSSR count). The Morgan fingerprint density at radius 2 is 2.46 bits per heavy atom. The molecule has 0 aliphatic carbocycles. The highest BCUT2D eigenvalue weighted by Gasteiger charge is 2.01. The summed E-state index contributed by atoms with van der Waals surface area (Å²) < 4.78 is 1.55. The molecule has 13 heavy (non-hydrogen) atoms. The maximum absolute atomic E-state index is 10.5. The monoisotopic (exact) mass is 177 g/mol. The molecule has 0 fully saturated rings. The van der Waals surface area contributed by atoms with Gasteiger partial charge in [-0.3, -0.25) is 5.32 Å². The van der Waals surface area contributed by atoms with Crippen LogP contribution in [0.4, 0.5) is 10.6 Å². The lowest BCUT2D eigenvalue weighted by atomic mass is 10.6. The number of imidazole rings is 1. The number of hydrogen-bond donors (Lipinski definition) is 2. The van der Waals surface area contributed by atoms with Crippen LogP contribution in [-0.4, -0.2) is 20.6 Å². The van der Waals surface area contributed by atoms with Crippen LogP contribution in [0.1, 0.15) is 0 Å². The summed E-state index contributed by atoms with van der Waals surface area (Å²) in [5.41, 5.74) is 5.59. The molecule has 0 aliphatic heterocycles. The zero-order valence-corrected chi connectivity index (χ0v) is 6.64. The number of fused-ring (bicyclic) bond motifs is 1. The molecule has 6 heteroatoms. The van der Waals surface area contributed by atoms with E-state index in [0.717, 1.165) is 0 Å². The highest BCUT2D eigenvalue weighted by atomic mass is 16.2. The number of nitrogens with one attached hydrogen (secondary N) is 1. The standard InChI is InChI=1S/C7H7N5O/c8-7(13)11-5-4-12-6(10-5)2-1-3-9-12/h1-4H,(H3,8,11,13). The predicted octanol–water partition coefficient (Wildman–Crippen LogP) is 0.220. The van der Waals surface area contributed by atoms with E-state index in [4.69, 9.17) is 5.73 Å². The number of nitrogens with two attached hydrogens (primary N) is 1. The summed E-state index contributed by atoms with van der Waals surface area (Å²) >= 11 is 0. The van der Waals surface area contributed by atoms with E-state index in [9.17, 15) is 4.79 Å². The van der Waals surface area contributed by atoms with Crippen LogP contribution in [0.3, 0.4) is 0 Å². The number of amides is 2. The number of urea groups is 1. The van der Waals surface area contributed by atoms with Crippen molar-refractivity contribution in [3.05, 3.63) is 24.5 Å². The SMILES string of the molecule is NC(=O)Nc1cn2ncccc2n1. The summed E-state index contributed by atoms with van der Waals surface area (Å²) in [5.74, 6) is 0.395. The molecule has 66 valence electrons. The minimum Gasteiger partial charge on any atom is -0.351 e. The van der Waals surface area contributed by atoms with Gasteiger partial charge >= 0.3 is 6.03 Å². The number of carbonyl (C=O) groups is 1. The third-order valence-corrected chi connectivity index (χ3v) is 1.49. The quantitative estimate of drug-likeness (QED) is 0.653. The molecule has 0 saturated heterocycles. The van der Waals surface area contributed by atoms with Crippen molar-refractivity contribution >= 4 is 17.5 Å². The molecule has 0 atom stereocenters. The number of anilines is 1. The van der Waals surface area contributed by atoms with Gasteiger partial charge in [-0.25, -0.2) is 14.3 Å². The molecule has 0 saturated carbocycles. The van der Waals surface area contributed by atoms with E-state index in [1.807, 2.05) is 0 Å². The molecular weight excluding hydrogens is 170 g/mol. The molecule has 2 heterocycles. The second-order valence-electron chi connectivity index (χ2n) is 2.44. The first-order valence-electron chi connectivity index (χ1n) is 3.62. The zero-order valence-electron chi connectivity index (χ0n) is 6.64. The van der Waals surface area contributed by atoms with Gasteiger partial charge in [0.1, 0.15) is 0 Å². The number of rotatable bonds is 1. The third-order valence-electron chi connectivity index (χ3n) is 1.49. The van der Waals surface area contributed by atoms with Gasteiger partial charge in [0.15, 0.2) is 11.5 Å². The molecular formula is C7H7N5O. The molecule has 2 aromatic heterocycles. The number of aromatic nitrogens is 3. The van der Waals surface area contributed by atoms with Crippen molar-refractivity contribution in [2.75, 3.05) is 5.32 Å². The van der Waals surface area contributed by atoms with Crippen molar-refractivity contribution in [2.45, 2.75) is 0 Å². The second-order valence-corrected chi connectivity index (χ2v) is 2.44. The Balaban J connectivity index is 2.44. The Hall–Kier alpha value is -2.11. The third kappa shape index (κ3) is 1.41. The van der Waals surface area contributed by atoms with Crippen LogP contribution in [0, 0.1) is 0 Å². The number of carbonyl (C=O) groups excluding carboxylic acids is 1. The molecule has 2 amide bonds. The van der Waals surface area contributed by atoms with Gasteiger partial charge in [-0.15, -0.1) is 0 Å². The van der Waals surface area contributed by atoms with Crippen molar-refractivity contribution in [2.24, 2.45) is 5.73 Å². The first-order chi connectivity index (χ1) is 6.25. The number of hydrogen-bond acceptors (Lipinski definition) is 3. The molecule has 0 spiro atoms. The summed E-state index contributed by atoms with van der Waals surface area (Å²) in [6.45, 7) is 0. The van der Waals surface area contributed by atoms with E-state index in [0.29, 0.717) is 11.5 Å². The number of nitrogens with zero attached hydrogens (tertiary/aromatic N) is 3. The van der Waals surface area contributed by atoms with Crippen LogP contribution < -0.4 is 11.1 Å². The van der Waals surface area contributed by atoms with Gasteiger partial charge in [0.2, 0.25) is 0 Å². The van der Waals surface area contributed by atoms with Crippen molar-refractivity contribution in [3.63, 3.8) is 0 Å². The largest absolute Gasteiger partial charge is 0.351 e. The maximum atomic E-state index is 10.5. The van der Waals surface area contributed by atoms with Crippen LogP contribution in [-0.2, 0) is 0 Å². The molecule has 0 unspecified atom stereocenters. The van der Waals surface area contributed by atoms with E-state index in [1.54, 1.807) is 29.0 Å². The van der Waals surface area contributed by atoms with E-state index >= 15 is 0 Å². The van der Waals surface area contributed by atoms with Crippen LogP contribution in [0.15, 0.2) is 24.5 Å². The van der Waals surface area contributed by atoms with Gasteiger partial charge < -0.3 is 5.73 Å². The van der Waals surface area contributed by atoms with Gasteiger partial charge in [0.25, 0.3) is 0 Å². The Labute approximate surface area is 73.4 Å². The van der Waals surface area contributed by atoms with E-state index < -0.39 is 6.03 Å². The summed E-state index contributed by atoms with van der Waals surface area (Å²) in [5, 5.41) is 6.33. The molecule has 0 aliphatic rings. The molecule has 6 nitrogen and oxygen atoms in total. The summed E-state index contributed by atoms with van der Waals surface area (Å²) in [6, 6.07) is 2.90. The Kier molecular flexibility index (Phi) is 1.59. The average molecular weight is 177 g/mol. The number of primary amides is 1. The van der Waals surface area contributed by atoms with Gasteiger partial charge in [-0.2, -0.15) is 5.10 Å². The summed E-state index contributed by atoms with van der Waals surface area (Å²) in [7, 11) is 0. The normalized spacial score (nSPS) is 10.2. The van der Waals surface area contributed by atoms with Gasteiger partial charge in [-0.1, -0.05) is 0 Å². The van der Waals surface area contributed by atoms with Crippen LogP contribution in [0.25, 0.3) is 5.65 Å². The van der Waals surface area contributed by atoms with Crippen molar-refractivity contribution in [1.29, 1.82) is 0 Å². The lowest BCUT2D eigenvalue weighted by Gasteiger charge is -1.91. The van der Waals surface area contributed by atoms with Crippen LogP contribution >= 0.6 is 0 Å². The zero-order chi connectivity index (χ0) is 9.26. The van der Waals surface area contributed by atoms with Crippen molar-refractivity contribution in [3.8, 4) is 0 Å². The molecule has 0 aromatic carbocycles. The average Bonchev–Trinajstić information content (AvgIpc) is 2.44. The summed E-state index contributed by atoms with van der Waals surface area (Å²) in [4.78, 5) is 14.5. The molecule has 0 bridgehead atoms. The fourth-order valence-electron chi connectivity index (χ4n) is 1.02. The van der Waals surface area contributed by atoms with E-state index in [-0.39, 0.29) is 0 Å². The first kappa shape index (κ1) is 7.53. The lowest BCUT2D eigenvalue weighted by Crippen LogP contribution is -2.19. The second kappa shape index (κ2) is 2.74. The van der Waals surface area contributed by atoms with Gasteiger partial charge in [0.05, 0.1) is 6.20 Å². The highest BCUT2D eigenvalue weighted by Crippen LogP contribution is 2.06. The predicted molar refractivity (Wildman–Crippen MR) is 46.2 cm³/mol.